The molecule has 3 aromatic heterocycles. The van der Waals surface area contributed by atoms with E-state index in [1.165, 1.54) is 17.5 Å². The van der Waals surface area contributed by atoms with Crippen LogP contribution in [0.3, 0.4) is 0 Å². The third-order valence-corrected chi connectivity index (χ3v) is 6.74. The Balaban J connectivity index is 1.51. The van der Waals surface area contributed by atoms with Crippen molar-refractivity contribution in [2.75, 3.05) is 19.0 Å². The summed E-state index contributed by atoms with van der Waals surface area (Å²) >= 11 is 4.56. The maximum Gasteiger partial charge on any atom is 0.296 e. The summed E-state index contributed by atoms with van der Waals surface area (Å²) in [6.45, 7) is 2.08. The van der Waals surface area contributed by atoms with E-state index in [4.69, 9.17) is 9.47 Å². The Morgan fingerprint density at radius 3 is 2.70 bits per heavy atom. The van der Waals surface area contributed by atoms with E-state index in [9.17, 15) is 9.90 Å². The van der Waals surface area contributed by atoms with Gasteiger partial charge in [0.05, 0.1) is 18.9 Å². The lowest BCUT2D eigenvalue weighted by atomic mass is 9.88. The van der Waals surface area contributed by atoms with E-state index in [2.05, 4.69) is 41.4 Å². The number of ether oxygens (including phenoxy) is 2. The number of rotatable bonds is 7. The smallest absolute Gasteiger partial charge is 0.296 e. The fourth-order valence-electron chi connectivity index (χ4n) is 3.80. The van der Waals surface area contributed by atoms with Gasteiger partial charge in [-0.3, -0.25) is 15.1 Å². The van der Waals surface area contributed by atoms with Crippen LogP contribution >= 0.6 is 27.3 Å². The number of aromatic nitrogens is 4. The van der Waals surface area contributed by atoms with Crippen LogP contribution in [0.1, 0.15) is 41.7 Å². The number of carbonyl (C=O) groups is 1. The normalized spacial score (nSPS) is 18.1. The molecule has 33 heavy (non-hydrogen) atoms. The Kier molecular flexibility index (Phi) is 7.51. The van der Waals surface area contributed by atoms with Crippen molar-refractivity contribution < 1.29 is 19.4 Å². The second-order valence-corrected chi connectivity index (χ2v) is 9.60. The standard InChI is InChI=1S/C22H24BrN5O4S/c1-12-7-15(16-8-19(23)25-10-18(16)31-2)17(9-24-12)20(30)26-21-27-28-22(33-21)32-14-5-3-13(11-29)4-6-14/h7-10,13-14,29H,3-6,11H2,1-2H3,(H,26,27,30). The Hall–Kier alpha value is -2.63. The number of hydrogen-bond acceptors (Lipinski definition) is 9. The number of methoxy groups -OCH3 is 1. The van der Waals surface area contributed by atoms with Crippen LogP contribution in [0.25, 0.3) is 11.1 Å². The summed E-state index contributed by atoms with van der Waals surface area (Å²) in [6.07, 6.45) is 6.78. The van der Waals surface area contributed by atoms with Crippen LogP contribution in [0.2, 0.25) is 0 Å². The Labute approximate surface area is 203 Å². The van der Waals surface area contributed by atoms with Crippen molar-refractivity contribution in [2.45, 2.75) is 38.7 Å². The average molecular weight is 534 g/mol. The molecule has 0 aliphatic heterocycles. The molecule has 0 saturated heterocycles. The SMILES string of the molecule is COc1cnc(Br)cc1-c1cc(C)ncc1C(=O)Nc1nnc(OC2CCC(CO)CC2)s1. The summed E-state index contributed by atoms with van der Waals surface area (Å²) in [5.41, 5.74) is 2.52. The number of pyridine rings is 2. The minimum Gasteiger partial charge on any atom is -0.494 e. The number of halogens is 1. The largest absolute Gasteiger partial charge is 0.494 e. The lowest BCUT2D eigenvalue weighted by Crippen LogP contribution is -2.25. The molecule has 0 aromatic carbocycles. The summed E-state index contributed by atoms with van der Waals surface area (Å²) in [6, 6.07) is 3.63. The molecule has 1 aliphatic rings. The molecule has 0 atom stereocenters. The number of nitrogens with zero attached hydrogens (tertiary/aromatic N) is 4. The summed E-state index contributed by atoms with van der Waals surface area (Å²) in [4.78, 5) is 21.6. The van der Waals surface area contributed by atoms with Crippen molar-refractivity contribution in [3.05, 3.63) is 40.4 Å². The summed E-state index contributed by atoms with van der Waals surface area (Å²) < 4.78 is 12.0. The number of aliphatic hydroxyl groups is 1. The van der Waals surface area contributed by atoms with E-state index in [1.807, 2.05) is 13.0 Å². The molecule has 1 amide bonds. The maximum atomic E-state index is 13.1. The molecule has 0 unspecified atom stereocenters. The molecule has 9 nitrogen and oxygen atoms in total. The lowest BCUT2D eigenvalue weighted by molar-refractivity contribution is 0.102. The monoisotopic (exact) mass is 533 g/mol. The minimum absolute atomic E-state index is 0.0507. The molecule has 1 aliphatic carbocycles. The number of carbonyl (C=O) groups excluding carboxylic acids is 1. The van der Waals surface area contributed by atoms with Gasteiger partial charge in [-0.25, -0.2) is 4.98 Å². The van der Waals surface area contributed by atoms with Crippen LogP contribution < -0.4 is 14.8 Å². The van der Waals surface area contributed by atoms with Crippen molar-refractivity contribution in [3.8, 4) is 22.1 Å². The second kappa shape index (κ2) is 10.5. The molecule has 0 spiro atoms. The van der Waals surface area contributed by atoms with E-state index in [1.54, 1.807) is 19.4 Å². The van der Waals surface area contributed by atoms with Gasteiger partial charge in [0.2, 0.25) is 5.13 Å². The number of hydrogen-bond donors (Lipinski definition) is 2. The average Bonchev–Trinajstić information content (AvgIpc) is 3.25. The molecular weight excluding hydrogens is 510 g/mol. The molecule has 0 radical (unpaired) electrons. The molecule has 3 heterocycles. The van der Waals surface area contributed by atoms with Gasteiger partial charge in [-0.05, 0) is 77.9 Å². The van der Waals surface area contributed by atoms with Crippen LogP contribution in [0.4, 0.5) is 5.13 Å². The maximum absolute atomic E-state index is 13.1. The molecule has 3 aromatic rings. The zero-order valence-corrected chi connectivity index (χ0v) is 20.6. The number of aryl methyl sites for hydroxylation is 1. The van der Waals surface area contributed by atoms with E-state index in [0.717, 1.165) is 36.9 Å². The van der Waals surface area contributed by atoms with Crippen molar-refractivity contribution in [1.29, 1.82) is 0 Å². The molecule has 11 heteroatoms. The van der Waals surface area contributed by atoms with Crippen LogP contribution in [0.5, 0.6) is 10.9 Å². The fraction of sp³-hybridized carbons (Fsp3) is 0.409. The highest BCUT2D eigenvalue weighted by molar-refractivity contribution is 9.10. The molecule has 2 N–H and O–H groups in total. The van der Waals surface area contributed by atoms with E-state index in [0.29, 0.717) is 37.7 Å². The Morgan fingerprint density at radius 2 is 1.97 bits per heavy atom. The van der Waals surface area contributed by atoms with Gasteiger partial charge in [0.1, 0.15) is 16.5 Å². The van der Waals surface area contributed by atoms with Crippen LogP contribution in [0, 0.1) is 12.8 Å². The molecule has 0 bridgehead atoms. The Bertz CT molecular complexity index is 1130. The van der Waals surface area contributed by atoms with Gasteiger partial charge < -0.3 is 14.6 Å². The Morgan fingerprint density at radius 1 is 1.18 bits per heavy atom. The number of aliphatic hydroxyl groups excluding tert-OH is 1. The van der Waals surface area contributed by atoms with Crippen LogP contribution in [-0.2, 0) is 0 Å². The topological polar surface area (TPSA) is 119 Å². The number of amides is 1. The summed E-state index contributed by atoms with van der Waals surface area (Å²) in [5.74, 6) is 0.532. The van der Waals surface area contributed by atoms with E-state index >= 15 is 0 Å². The molecule has 174 valence electrons. The van der Waals surface area contributed by atoms with Gasteiger partial charge >= 0.3 is 0 Å². The molecule has 1 fully saturated rings. The quantitative estimate of drug-likeness (QED) is 0.432. The first-order chi connectivity index (χ1) is 16.0. The first-order valence-corrected chi connectivity index (χ1v) is 12.2. The van der Waals surface area contributed by atoms with E-state index < -0.39 is 0 Å². The highest BCUT2D eigenvalue weighted by atomic mass is 79.9. The third kappa shape index (κ3) is 5.66. The first-order valence-electron chi connectivity index (χ1n) is 10.6. The fourth-order valence-corrected chi connectivity index (χ4v) is 4.79. The van der Waals surface area contributed by atoms with Gasteiger partial charge in [-0.2, -0.15) is 0 Å². The molecule has 4 rings (SSSR count). The van der Waals surface area contributed by atoms with Crippen molar-refractivity contribution in [3.63, 3.8) is 0 Å². The zero-order valence-electron chi connectivity index (χ0n) is 18.2. The predicted molar refractivity (Wildman–Crippen MR) is 128 cm³/mol. The van der Waals surface area contributed by atoms with Crippen molar-refractivity contribution in [1.82, 2.24) is 20.2 Å². The molecule has 1 saturated carbocycles. The highest BCUT2D eigenvalue weighted by Gasteiger charge is 2.24. The number of anilines is 1. The van der Waals surface area contributed by atoms with Crippen LogP contribution in [0.15, 0.2) is 29.1 Å². The number of nitrogens with one attached hydrogen (secondary N) is 1. The van der Waals surface area contributed by atoms with Gasteiger partial charge in [-0.15, -0.1) is 5.10 Å². The molecular formula is C22H24BrN5O4S. The third-order valence-electron chi connectivity index (χ3n) is 5.58. The van der Waals surface area contributed by atoms with Crippen molar-refractivity contribution in [2.24, 2.45) is 5.92 Å². The second-order valence-electron chi connectivity index (χ2n) is 7.85. The predicted octanol–water partition coefficient (Wildman–Crippen LogP) is 4.26. The summed E-state index contributed by atoms with van der Waals surface area (Å²) in [7, 11) is 1.56. The van der Waals surface area contributed by atoms with Gasteiger partial charge in [0, 0.05) is 29.6 Å². The zero-order chi connectivity index (χ0) is 23.4. The van der Waals surface area contributed by atoms with Gasteiger partial charge in [0.25, 0.3) is 11.1 Å². The van der Waals surface area contributed by atoms with Gasteiger partial charge in [0.15, 0.2) is 0 Å². The van der Waals surface area contributed by atoms with Gasteiger partial charge in [-0.1, -0.05) is 5.10 Å². The minimum atomic E-state index is -0.362. The highest BCUT2D eigenvalue weighted by Crippen LogP contribution is 2.35. The van der Waals surface area contributed by atoms with Crippen molar-refractivity contribution >= 4 is 38.3 Å². The first kappa shape index (κ1) is 23.5. The van der Waals surface area contributed by atoms with Crippen LogP contribution in [-0.4, -0.2) is 51.0 Å². The van der Waals surface area contributed by atoms with E-state index in [-0.39, 0.29) is 18.6 Å². The lowest BCUT2D eigenvalue weighted by Gasteiger charge is -2.26. The summed E-state index contributed by atoms with van der Waals surface area (Å²) in [5, 5.41) is 21.0.